The van der Waals surface area contributed by atoms with Gasteiger partial charge in [-0.05, 0) is 36.5 Å². The molecule has 3 heteroatoms. The van der Waals surface area contributed by atoms with Gasteiger partial charge in [-0.15, -0.1) is 0 Å². The number of rotatable bonds is 4. The first kappa shape index (κ1) is 13.0. The molecule has 0 fully saturated rings. The fourth-order valence-corrected chi connectivity index (χ4v) is 1.77. The second kappa shape index (κ2) is 5.86. The van der Waals surface area contributed by atoms with Crippen LogP contribution in [0.4, 0.5) is 4.39 Å². The second-order valence-electron chi connectivity index (χ2n) is 4.05. The van der Waals surface area contributed by atoms with Gasteiger partial charge in [0.2, 0.25) is 0 Å². The van der Waals surface area contributed by atoms with Crippen molar-refractivity contribution < 1.29 is 4.39 Å². The highest BCUT2D eigenvalue weighted by atomic mass is 79.9. The molecule has 0 radical (unpaired) electrons. The predicted molar refractivity (Wildman–Crippen MR) is 67.3 cm³/mol. The van der Waals surface area contributed by atoms with E-state index >= 15 is 0 Å². The van der Waals surface area contributed by atoms with Crippen LogP contribution in [0.2, 0.25) is 5.02 Å². The quantitative estimate of drug-likeness (QED) is 0.697. The zero-order valence-electron chi connectivity index (χ0n) is 8.93. The maximum Gasteiger partial charge on any atom is 0.141 e. The van der Waals surface area contributed by atoms with Crippen molar-refractivity contribution in [3.05, 3.63) is 34.6 Å². The third kappa shape index (κ3) is 4.12. The molecule has 0 aliphatic rings. The van der Waals surface area contributed by atoms with E-state index in [2.05, 4.69) is 29.8 Å². The number of benzene rings is 1. The van der Waals surface area contributed by atoms with Crippen molar-refractivity contribution in [2.24, 2.45) is 5.92 Å². The molecule has 0 saturated heterocycles. The molecule has 0 aliphatic heterocycles. The topological polar surface area (TPSA) is 0 Å². The third-order valence-electron chi connectivity index (χ3n) is 2.42. The number of aryl methyl sites for hydroxylation is 1. The zero-order chi connectivity index (χ0) is 11.4. The molecular weight excluding hydrogens is 278 g/mol. The minimum Gasteiger partial charge on any atom is -0.205 e. The number of hydrogen-bond donors (Lipinski definition) is 0. The molecule has 0 heterocycles. The summed E-state index contributed by atoms with van der Waals surface area (Å²) < 4.78 is 12.9. The van der Waals surface area contributed by atoms with Gasteiger partial charge in [-0.2, -0.15) is 0 Å². The first-order valence-electron chi connectivity index (χ1n) is 5.08. The van der Waals surface area contributed by atoms with Crippen LogP contribution in [-0.4, -0.2) is 4.83 Å². The van der Waals surface area contributed by atoms with Crippen molar-refractivity contribution in [1.29, 1.82) is 0 Å². The van der Waals surface area contributed by atoms with Gasteiger partial charge >= 0.3 is 0 Å². The summed E-state index contributed by atoms with van der Waals surface area (Å²) >= 11 is 9.33. The maximum absolute atomic E-state index is 12.9. The molecule has 1 aromatic carbocycles. The lowest BCUT2D eigenvalue weighted by Gasteiger charge is -2.13. The van der Waals surface area contributed by atoms with Crippen LogP contribution in [0.1, 0.15) is 25.8 Å². The molecule has 1 rings (SSSR count). The lowest BCUT2D eigenvalue weighted by atomic mass is 10.0. The summed E-state index contributed by atoms with van der Waals surface area (Å²) in [5, 5.41) is 0.211. The number of halogens is 3. The van der Waals surface area contributed by atoms with E-state index in [9.17, 15) is 4.39 Å². The van der Waals surface area contributed by atoms with Gasteiger partial charge in [0.1, 0.15) is 5.82 Å². The molecule has 0 amide bonds. The van der Waals surface area contributed by atoms with E-state index < -0.39 is 0 Å². The van der Waals surface area contributed by atoms with E-state index in [4.69, 9.17) is 11.6 Å². The average molecular weight is 294 g/mol. The smallest absolute Gasteiger partial charge is 0.141 e. The molecule has 0 aliphatic carbocycles. The summed E-state index contributed by atoms with van der Waals surface area (Å²) in [4.78, 5) is 0.501. The van der Waals surface area contributed by atoms with Crippen LogP contribution in [0.25, 0.3) is 0 Å². The van der Waals surface area contributed by atoms with Crippen molar-refractivity contribution in [3.8, 4) is 0 Å². The van der Waals surface area contributed by atoms with E-state index in [1.807, 2.05) is 0 Å². The van der Waals surface area contributed by atoms with Gasteiger partial charge in [-0.1, -0.05) is 47.4 Å². The Bertz CT molecular complexity index is 325. The van der Waals surface area contributed by atoms with Gasteiger partial charge in [0.05, 0.1) is 5.02 Å². The van der Waals surface area contributed by atoms with E-state index in [-0.39, 0.29) is 10.8 Å². The molecule has 0 nitrogen and oxygen atoms in total. The SMILES string of the molecule is CC(C)C(Br)CCc1ccc(F)c(Cl)c1. The van der Waals surface area contributed by atoms with Crippen molar-refractivity contribution in [2.45, 2.75) is 31.5 Å². The highest BCUT2D eigenvalue weighted by Crippen LogP contribution is 2.21. The van der Waals surface area contributed by atoms with E-state index in [1.54, 1.807) is 12.1 Å². The lowest BCUT2D eigenvalue weighted by molar-refractivity contribution is 0.581. The van der Waals surface area contributed by atoms with Crippen LogP contribution in [0.5, 0.6) is 0 Å². The van der Waals surface area contributed by atoms with Crippen molar-refractivity contribution in [2.75, 3.05) is 0 Å². The van der Waals surface area contributed by atoms with Crippen molar-refractivity contribution in [1.82, 2.24) is 0 Å². The number of alkyl halides is 1. The van der Waals surface area contributed by atoms with Crippen LogP contribution < -0.4 is 0 Å². The Kier molecular flexibility index (Phi) is 5.07. The number of hydrogen-bond acceptors (Lipinski definition) is 0. The van der Waals surface area contributed by atoms with Crippen molar-refractivity contribution in [3.63, 3.8) is 0 Å². The molecule has 15 heavy (non-hydrogen) atoms. The molecule has 0 saturated carbocycles. The maximum atomic E-state index is 12.9. The summed E-state index contributed by atoms with van der Waals surface area (Å²) in [6.45, 7) is 4.36. The van der Waals surface area contributed by atoms with Crippen LogP contribution >= 0.6 is 27.5 Å². The van der Waals surface area contributed by atoms with Gasteiger partial charge < -0.3 is 0 Å². The van der Waals surface area contributed by atoms with E-state index in [0.29, 0.717) is 10.7 Å². The predicted octanol–water partition coefficient (Wildman–Crippen LogP) is 4.83. The molecule has 1 atom stereocenters. The van der Waals surface area contributed by atoms with E-state index in [1.165, 1.54) is 6.07 Å². The molecule has 1 aromatic rings. The van der Waals surface area contributed by atoms with Crippen molar-refractivity contribution >= 4 is 27.5 Å². The first-order chi connectivity index (χ1) is 7.00. The Balaban J connectivity index is 2.55. The minimum absolute atomic E-state index is 0.211. The van der Waals surface area contributed by atoms with Crippen LogP contribution in [0, 0.1) is 11.7 Å². The highest BCUT2D eigenvalue weighted by molar-refractivity contribution is 9.09. The van der Waals surface area contributed by atoms with E-state index in [0.717, 1.165) is 18.4 Å². The molecule has 0 bridgehead atoms. The summed E-state index contributed by atoms with van der Waals surface area (Å²) in [7, 11) is 0. The third-order valence-corrected chi connectivity index (χ3v) is 4.22. The Morgan fingerprint density at radius 1 is 1.40 bits per heavy atom. The fraction of sp³-hybridized carbons (Fsp3) is 0.500. The minimum atomic E-state index is -0.348. The standard InChI is InChI=1S/C12H15BrClF/c1-8(2)10(13)5-3-9-4-6-12(15)11(14)7-9/h4,6-8,10H,3,5H2,1-2H3. The van der Waals surface area contributed by atoms with Gasteiger partial charge in [0, 0.05) is 4.83 Å². The summed E-state index contributed by atoms with van der Waals surface area (Å²) in [5.41, 5.74) is 1.09. The van der Waals surface area contributed by atoms with Crippen LogP contribution in [0.15, 0.2) is 18.2 Å². The monoisotopic (exact) mass is 292 g/mol. The normalized spacial score (nSPS) is 13.2. The molecule has 1 unspecified atom stereocenters. The van der Waals surface area contributed by atoms with Crippen LogP contribution in [-0.2, 0) is 6.42 Å². The summed E-state index contributed by atoms with van der Waals surface area (Å²) in [5.74, 6) is 0.264. The second-order valence-corrected chi connectivity index (χ2v) is 5.63. The molecular formula is C12H15BrClF. The fourth-order valence-electron chi connectivity index (χ4n) is 1.33. The van der Waals surface area contributed by atoms with Gasteiger partial charge in [0.25, 0.3) is 0 Å². The van der Waals surface area contributed by atoms with Gasteiger partial charge in [-0.25, -0.2) is 4.39 Å². The lowest BCUT2D eigenvalue weighted by Crippen LogP contribution is -2.08. The zero-order valence-corrected chi connectivity index (χ0v) is 11.3. The highest BCUT2D eigenvalue weighted by Gasteiger charge is 2.09. The van der Waals surface area contributed by atoms with Gasteiger partial charge in [-0.3, -0.25) is 0 Å². The molecule has 0 N–H and O–H groups in total. The Labute approximate surface area is 104 Å². The molecule has 0 spiro atoms. The largest absolute Gasteiger partial charge is 0.205 e. The van der Waals surface area contributed by atoms with Crippen LogP contribution in [0.3, 0.4) is 0 Å². The van der Waals surface area contributed by atoms with Gasteiger partial charge in [0.15, 0.2) is 0 Å². The Morgan fingerprint density at radius 3 is 2.60 bits per heavy atom. The Morgan fingerprint density at radius 2 is 2.07 bits per heavy atom. The Hall–Kier alpha value is -0.0800. The molecule has 84 valence electrons. The first-order valence-corrected chi connectivity index (χ1v) is 6.38. The summed E-state index contributed by atoms with van der Waals surface area (Å²) in [6, 6.07) is 4.93. The average Bonchev–Trinajstić information content (AvgIpc) is 2.19. The summed E-state index contributed by atoms with van der Waals surface area (Å²) in [6.07, 6.45) is 1.97. The molecule has 0 aromatic heterocycles.